The van der Waals surface area contributed by atoms with Crippen LogP contribution in [0, 0.1) is 0 Å². The molecule has 2 heterocycles. The van der Waals surface area contributed by atoms with Gasteiger partial charge in [-0.2, -0.15) is 0 Å². The second-order valence-electron chi connectivity index (χ2n) is 2.37. The SMILES string of the molecule is O=Cc1cnc(-c2ncc(C=O)s2)s1. The molecular formula is C8H4N2O2S2. The van der Waals surface area contributed by atoms with Gasteiger partial charge in [0.1, 0.15) is 0 Å². The Morgan fingerprint density at radius 3 is 1.64 bits per heavy atom. The molecule has 0 spiro atoms. The summed E-state index contributed by atoms with van der Waals surface area (Å²) in [6.45, 7) is 0. The summed E-state index contributed by atoms with van der Waals surface area (Å²) in [7, 11) is 0. The zero-order valence-corrected chi connectivity index (χ0v) is 8.47. The predicted molar refractivity (Wildman–Crippen MR) is 54.0 cm³/mol. The van der Waals surface area contributed by atoms with E-state index in [0.29, 0.717) is 19.8 Å². The third kappa shape index (κ3) is 1.61. The van der Waals surface area contributed by atoms with Gasteiger partial charge in [-0.25, -0.2) is 9.97 Å². The largest absolute Gasteiger partial charge is 0.297 e. The average Bonchev–Trinajstić information content (AvgIpc) is 2.86. The molecule has 0 aromatic carbocycles. The molecule has 0 N–H and O–H groups in total. The van der Waals surface area contributed by atoms with Crippen molar-refractivity contribution in [3.05, 3.63) is 22.1 Å². The van der Waals surface area contributed by atoms with Gasteiger partial charge in [0.2, 0.25) is 0 Å². The quantitative estimate of drug-likeness (QED) is 0.747. The van der Waals surface area contributed by atoms with E-state index >= 15 is 0 Å². The molecule has 0 unspecified atom stereocenters. The highest BCUT2D eigenvalue weighted by Gasteiger charge is 2.08. The second kappa shape index (κ2) is 3.77. The summed E-state index contributed by atoms with van der Waals surface area (Å²) in [6.07, 6.45) is 4.48. The van der Waals surface area contributed by atoms with Gasteiger partial charge in [-0.15, -0.1) is 22.7 Å². The van der Waals surface area contributed by atoms with Gasteiger partial charge in [-0.3, -0.25) is 9.59 Å². The van der Waals surface area contributed by atoms with Crippen LogP contribution in [0.4, 0.5) is 0 Å². The highest BCUT2D eigenvalue weighted by Crippen LogP contribution is 2.27. The predicted octanol–water partition coefficient (Wildman–Crippen LogP) is 1.89. The molecule has 6 heteroatoms. The fraction of sp³-hybridized carbons (Fsp3) is 0. The van der Waals surface area contributed by atoms with Gasteiger partial charge < -0.3 is 0 Å². The molecule has 2 rings (SSSR count). The maximum absolute atomic E-state index is 10.4. The molecule has 4 nitrogen and oxygen atoms in total. The number of aldehydes is 2. The monoisotopic (exact) mass is 224 g/mol. The first kappa shape index (κ1) is 9.17. The van der Waals surface area contributed by atoms with Gasteiger partial charge in [0.15, 0.2) is 22.6 Å². The van der Waals surface area contributed by atoms with Crippen LogP contribution in [0.1, 0.15) is 19.3 Å². The number of carbonyl (C=O) groups excluding carboxylic acids is 2. The van der Waals surface area contributed by atoms with E-state index in [4.69, 9.17) is 0 Å². The molecule has 0 saturated heterocycles. The third-order valence-electron chi connectivity index (χ3n) is 1.46. The lowest BCUT2D eigenvalue weighted by Crippen LogP contribution is -1.68. The number of carbonyl (C=O) groups is 2. The Bertz CT molecular complexity index is 431. The topological polar surface area (TPSA) is 59.9 Å². The summed E-state index contributed by atoms with van der Waals surface area (Å²) in [4.78, 5) is 30.0. The summed E-state index contributed by atoms with van der Waals surface area (Å²) >= 11 is 2.53. The van der Waals surface area contributed by atoms with Crippen LogP contribution in [-0.2, 0) is 0 Å². The lowest BCUT2D eigenvalue weighted by atomic mass is 10.6. The zero-order chi connectivity index (χ0) is 9.97. The molecule has 0 saturated carbocycles. The Labute approximate surface area is 87.3 Å². The summed E-state index contributed by atoms with van der Waals surface area (Å²) in [5, 5.41) is 1.34. The molecule has 0 aliphatic rings. The van der Waals surface area contributed by atoms with Crippen LogP contribution in [0.2, 0.25) is 0 Å². The van der Waals surface area contributed by atoms with Gasteiger partial charge in [-0.1, -0.05) is 0 Å². The van der Waals surface area contributed by atoms with Crippen LogP contribution >= 0.6 is 22.7 Å². The van der Waals surface area contributed by atoms with Crippen molar-refractivity contribution in [2.45, 2.75) is 0 Å². The van der Waals surface area contributed by atoms with Gasteiger partial charge >= 0.3 is 0 Å². The smallest absolute Gasteiger partial charge is 0.161 e. The van der Waals surface area contributed by atoms with Crippen LogP contribution in [0.5, 0.6) is 0 Å². The molecule has 0 bridgehead atoms. The van der Waals surface area contributed by atoms with E-state index in [1.807, 2.05) is 0 Å². The molecule has 0 aliphatic heterocycles. The van der Waals surface area contributed by atoms with Crippen molar-refractivity contribution in [2.75, 3.05) is 0 Å². The Balaban J connectivity index is 2.38. The van der Waals surface area contributed by atoms with Crippen molar-refractivity contribution < 1.29 is 9.59 Å². The van der Waals surface area contributed by atoms with E-state index < -0.39 is 0 Å². The highest BCUT2D eigenvalue weighted by atomic mass is 32.1. The molecule has 14 heavy (non-hydrogen) atoms. The first-order valence-electron chi connectivity index (χ1n) is 3.66. The molecule has 0 atom stereocenters. The van der Waals surface area contributed by atoms with Gasteiger partial charge in [0.25, 0.3) is 0 Å². The molecule has 0 fully saturated rings. The summed E-state index contributed by atoms with van der Waals surface area (Å²) in [5.41, 5.74) is 0. The van der Waals surface area contributed by atoms with E-state index in [1.165, 1.54) is 35.1 Å². The minimum absolute atomic E-state index is 0.558. The summed E-state index contributed by atoms with van der Waals surface area (Å²) in [6, 6.07) is 0. The average molecular weight is 224 g/mol. The van der Waals surface area contributed by atoms with E-state index in [2.05, 4.69) is 9.97 Å². The number of aromatic nitrogens is 2. The standard InChI is InChI=1S/C8H4N2O2S2/c11-3-5-1-9-7(13-5)8-10-2-6(4-12)14-8/h1-4H. The van der Waals surface area contributed by atoms with Crippen molar-refractivity contribution in [2.24, 2.45) is 0 Å². The molecule has 2 aromatic heterocycles. The van der Waals surface area contributed by atoms with E-state index in [-0.39, 0.29) is 0 Å². The maximum atomic E-state index is 10.4. The van der Waals surface area contributed by atoms with Gasteiger partial charge in [0.05, 0.1) is 9.75 Å². The number of nitrogens with zero attached hydrogens (tertiary/aromatic N) is 2. The Morgan fingerprint density at radius 2 is 1.36 bits per heavy atom. The normalized spacial score (nSPS) is 10.0. The minimum Gasteiger partial charge on any atom is -0.297 e. The Kier molecular flexibility index (Phi) is 2.47. The molecule has 2 aromatic rings. The van der Waals surface area contributed by atoms with Crippen molar-refractivity contribution in [1.82, 2.24) is 9.97 Å². The lowest BCUT2D eigenvalue weighted by Gasteiger charge is -1.83. The van der Waals surface area contributed by atoms with Crippen molar-refractivity contribution >= 4 is 35.2 Å². The summed E-state index contributed by atoms with van der Waals surface area (Å²) in [5.74, 6) is 0. The second-order valence-corrected chi connectivity index (χ2v) is 4.50. The van der Waals surface area contributed by atoms with Crippen LogP contribution < -0.4 is 0 Å². The highest BCUT2D eigenvalue weighted by molar-refractivity contribution is 7.22. The van der Waals surface area contributed by atoms with E-state index in [1.54, 1.807) is 0 Å². The molecule has 0 radical (unpaired) electrons. The maximum Gasteiger partial charge on any atom is 0.161 e. The van der Waals surface area contributed by atoms with Crippen LogP contribution in [0.3, 0.4) is 0 Å². The Morgan fingerprint density at radius 1 is 0.929 bits per heavy atom. The molecule has 0 amide bonds. The van der Waals surface area contributed by atoms with Gasteiger partial charge in [0, 0.05) is 12.4 Å². The van der Waals surface area contributed by atoms with Crippen molar-refractivity contribution in [3.8, 4) is 10.0 Å². The fourth-order valence-corrected chi connectivity index (χ4v) is 2.37. The number of hydrogen-bond donors (Lipinski definition) is 0. The van der Waals surface area contributed by atoms with Crippen LogP contribution in [0.15, 0.2) is 12.4 Å². The van der Waals surface area contributed by atoms with E-state index in [9.17, 15) is 9.59 Å². The minimum atomic E-state index is 0.558. The van der Waals surface area contributed by atoms with Crippen LogP contribution in [-0.4, -0.2) is 22.5 Å². The first-order valence-corrected chi connectivity index (χ1v) is 5.29. The third-order valence-corrected chi connectivity index (χ3v) is 3.45. The number of thiazole rings is 2. The molecule has 0 aliphatic carbocycles. The van der Waals surface area contributed by atoms with Crippen LogP contribution in [0.25, 0.3) is 10.0 Å². The zero-order valence-electron chi connectivity index (χ0n) is 6.84. The molecular weight excluding hydrogens is 220 g/mol. The summed E-state index contributed by atoms with van der Waals surface area (Å²) < 4.78 is 0. The number of rotatable bonds is 3. The van der Waals surface area contributed by atoms with Gasteiger partial charge in [-0.05, 0) is 0 Å². The Hall–Kier alpha value is -1.40. The fourth-order valence-electron chi connectivity index (χ4n) is 0.880. The number of hydrogen-bond acceptors (Lipinski definition) is 6. The lowest BCUT2D eigenvalue weighted by molar-refractivity contribution is 0.111. The molecule has 70 valence electrons. The first-order chi connectivity index (χ1) is 6.83. The van der Waals surface area contributed by atoms with Crippen molar-refractivity contribution in [3.63, 3.8) is 0 Å². The van der Waals surface area contributed by atoms with E-state index in [0.717, 1.165) is 12.6 Å². The van der Waals surface area contributed by atoms with Crippen molar-refractivity contribution in [1.29, 1.82) is 0 Å².